The zero-order chi connectivity index (χ0) is 9.90. The van der Waals surface area contributed by atoms with E-state index >= 15 is 0 Å². The van der Waals surface area contributed by atoms with Gasteiger partial charge in [0.1, 0.15) is 0 Å². The molecular weight excluding hydrogens is 204 g/mol. The summed E-state index contributed by atoms with van der Waals surface area (Å²) in [6.45, 7) is -0.0289. The summed E-state index contributed by atoms with van der Waals surface area (Å²) in [5.41, 5.74) is 4.78. The lowest BCUT2D eigenvalue weighted by Crippen LogP contribution is -2.13. The molecule has 2 rings (SSSR count). The Morgan fingerprint density at radius 2 is 1.50 bits per heavy atom. The van der Waals surface area contributed by atoms with E-state index in [0.29, 0.717) is 0 Å². The van der Waals surface area contributed by atoms with E-state index in [0.717, 1.165) is 0 Å². The smallest absolute Gasteiger partial charge is 0.266 e. The van der Waals surface area contributed by atoms with Crippen molar-refractivity contribution in [1.82, 2.24) is 6.15 Å². The molecule has 0 aromatic rings. The highest BCUT2D eigenvalue weighted by Gasteiger charge is 1.98. The van der Waals surface area contributed by atoms with Crippen molar-refractivity contribution in [3.8, 4) is 0 Å². The number of rotatable bonds is 2. The van der Waals surface area contributed by atoms with Crippen molar-refractivity contribution >= 4 is 10.1 Å². The molecule has 2 aliphatic carbocycles. The highest BCUT2D eigenvalue weighted by molar-refractivity contribution is 7.85. The van der Waals surface area contributed by atoms with Crippen LogP contribution in [-0.4, -0.2) is 25.3 Å². The van der Waals surface area contributed by atoms with E-state index < -0.39 is 10.1 Å². The number of hydrogen-bond acceptors (Lipinski definition) is 4. The Labute approximate surface area is 82.6 Å². The Hall–Kier alpha value is -0.950. The van der Waals surface area contributed by atoms with Crippen LogP contribution in [-0.2, 0) is 10.1 Å². The largest absolute Gasteiger partial charge is 0.344 e. The van der Waals surface area contributed by atoms with Crippen molar-refractivity contribution in [3.05, 3.63) is 34.7 Å². The molecule has 0 saturated heterocycles. The zero-order valence-electron chi connectivity index (χ0n) is 7.68. The third-order valence-electron chi connectivity index (χ3n) is 1.59. The lowest BCUT2D eigenvalue weighted by Gasteiger charge is -1.95. The van der Waals surface area contributed by atoms with Gasteiger partial charge in [0.05, 0.1) is 5.75 Å². The maximum absolute atomic E-state index is 9.71. The van der Waals surface area contributed by atoms with Gasteiger partial charge < -0.3 is 11.9 Å². The summed E-state index contributed by atoms with van der Waals surface area (Å²) in [6, 6.07) is 8.48. The van der Waals surface area contributed by atoms with Gasteiger partial charge in [-0.1, -0.05) is 24.3 Å². The molecule has 0 aromatic carbocycles. The maximum Gasteiger partial charge on any atom is 0.266 e. The van der Waals surface area contributed by atoms with Crippen molar-refractivity contribution in [2.24, 2.45) is 5.73 Å². The molecule has 0 saturated carbocycles. The second-order valence-electron chi connectivity index (χ2n) is 2.65. The standard InChI is InChI=1S/C6H4.C2H7NO3S.H3N/c1-2-6-4-3-5(1)6;3-1-2-7(4,5)6;/h1-4H;1-3H2,(H,4,5,6);1H3. The van der Waals surface area contributed by atoms with Crippen LogP contribution in [0.1, 0.15) is 0 Å². The number of hydrogen-bond donors (Lipinski definition) is 3. The van der Waals surface area contributed by atoms with Crippen LogP contribution in [0.2, 0.25) is 0 Å². The van der Waals surface area contributed by atoms with Crippen LogP contribution >= 0.6 is 0 Å². The Balaban J connectivity index is 0.000000225. The van der Waals surface area contributed by atoms with E-state index in [2.05, 4.69) is 24.3 Å². The molecule has 0 atom stereocenters. The average Bonchev–Trinajstić information content (AvgIpc) is 1.95. The first-order valence-corrected chi connectivity index (χ1v) is 5.39. The first kappa shape index (κ1) is 13.1. The molecule has 0 amide bonds. The Morgan fingerprint density at radius 3 is 1.50 bits per heavy atom. The van der Waals surface area contributed by atoms with Crippen LogP contribution < -0.4 is 11.9 Å². The predicted molar refractivity (Wildman–Crippen MR) is 54.6 cm³/mol. The third kappa shape index (κ3) is 3.84. The molecule has 0 fully saturated rings. The van der Waals surface area contributed by atoms with Crippen LogP contribution in [0, 0.1) is 10.4 Å². The predicted octanol–water partition coefficient (Wildman–Crippen LogP) is 0.282. The topological polar surface area (TPSA) is 115 Å². The third-order valence-corrected chi connectivity index (χ3v) is 2.35. The molecular formula is C8H14N2O3S. The van der Waals surface area contributed by atoms with E-state index in [1.807, 2.05) is 0 Å². The molecule has 14 heavy (non-hydrogen) atoms. The van der Waals surface area contributed by atoms with Crippen molar-refractivity contribution in [1.29, 1.82) is 0 Å². The fraction of sp³-hybridized carbons (Fsp3) is 0.250. The lowest BCUT2D eigenvalue weighted by atomic mass is 10.1. The normalized spacial score (nSPS) is 10.7. The number of benzene rings is 1. The van der Waals surface area contributed by atoms with Crippen LogP contribution in [0.15, 0.2) is 24.3 Å². The van der Waals surface area contributed by atoms with Gasteiger partial charge in [0.15, 0.2) is 0 Å². The molecule has 0 heterocycles. The summed E-state index contributed by atoms with van der Waals surface area (Å²) in [5, 5.41) is 2.85. The van der Waals surface area contributed by atoms with Crippen LogP contribution in [0.4, 0.5) is 0 Å². The van der Waals surface area contributed by atoms with Crippen molar-refractivity contribution < 1.29 is 13.0 Å². The number of nitrogens with two attached hydrogens (primary N) is 1. The highest BCUT2D eigenvalue weighted by atomic mass is 32.2. The molecule has 2 aliphatic rings. The fourth-order valence-corrected chi connectivity index (χ4v) is 1.11. The summed E-state index contributed by atoms with van der Waals surface area (Å²) < 4.78 is 27.3. The second kappa shape index (κ2) is 5.06. The van der Waals surface area contributed by atoms with E-state index in [-0.39, 0.29) is 18.4 Å². The molecule has 5 nitrogen and oxygen atoms in total. The zero-order valence-corrected chi connectivity index (χ0v) is 8.50. The molecule has 0 spiro atoms. The summed E-state index contributed by atoms with van der Waals surface area (Å²) >= 11 is 0. The molecule has 80 valence electrons. The molecule has 6 heteroatoms. The molecule has 0 aliphatic heterocycles. The van der Waals surface area contributed by atoms with Crippen LogP contribution in [0.25, 0.3) is 0 Å². The SMILES string of the molecule is N.NCCS(=O)(=O)O.c1cc2ccc1=2. The summed E-state index contributed by atoms with van der Waals surface area (Å²) in [7, 11) is -3.80. The molecule has 0 radical (unpaired) electrons. The van der Waals surface area contributed by atoms with E-state index in [9.17, 15) is 8.42 Å². The molecule has 0 bridgehead atoms. The Morgan fingerprint density at radius 1 is 1.14 bits per heavy atom. The van der Waals surface area contributed by atoms with Gasteiger partial charge in [-0.2, -0.15) is 8.42 Å². The summed E-state index contributed by atoms with van der Waals surface area (Å²) in [5.74, 6) is -0.354. The Kier molecular flexibility index (Phi) is 4.72. The molecule has 6 N–H and O–H groups in total. The maximum atomic E-state index is 9.71. The van der Waals surface area contributed by atoms with Gasteiger partial charge >= 0.3 is 0 Å². The minimum atomic E-state index is -3.80. The fourth-order valence-electron chi connectivity index (χ4n) is 0.812. The van der Waals surface area contributed by atoms with Gasteiger partial charge in [0, 0.05) is 6.54 Å². The van der Waals surface area contributed by atoms with Crippen molar-refractivity contribution in [2.45, 2.75) is 0 Å². The van der Waals surface area contributed by atoms with Crippen molar-refractivity contribution in [2.75, 3.05) is 12.3 Å². The van der Waals surface area contributed by atoms with Gasteiger partial charge in [-0.05, 0) is 10.4 Å². The molecule has 0 aromatic heterocycles. The van der Waals surface area contributed by atoms with E-state index in [4.69, 9.17) is 10.3 Å². The van der Waals surface area contributed by atoms with Gasteiger partial charge in [0.25, 0.3) is 10.1 Å². The van der Waals surface area contributed by atoms with Gasteiger partial charge in [-0.15, -0.1) is 0 Å². The van der Waals surface area contributed by atoms with E-state index in [1.165, 1.54) is 10.4 Å². The lowest BCUT2D eigenvalue weighted by molar-refractivity contribution is 0.483. The summed E-state index contributed by atoms with van der Waals surface area (Å²) in [4.78, 5) is 0. The Bertz CT molecular complexity index is 419. The molecule has 0 unspecified atom stereocenters. The second-order valence-corrected chi connectivity index (χ2v) is 4.22. The first-order valence-electron chi connectivity index (χ1n) is 3.78. The quantitative estimate of drug-likeness (QED) is 0.626. The van der Waals surface area contributed by atoms with Gasteiger partial charge in [-0.3, -0.25) is 4.55 Å². The monoisotopic (exact) mass is 218 g/mol. The van der Waals surface area contributed by atoms with Crippen molar-refractivity contribution in [3.63, 3.8) is 0 Å². The minimum Gasteiger partial charge on any atom is -0.344 e. The van der Waals surface area contributed by atoms with Gasteiger partial charge in [0.2, 0.25) is 0 Å². The average molecular weight is 218 g/mol. The highest BCUT2D eigenvalue weighted by Crippen LogP contribution is 2.04. The van der Waals surface area contributed by atoms with E-state index in [1.54, 1.807) is 0 Å². The van der Waals surface area contributed by atoms with Gasteiger partial charge in [-0.25, -0.2) is 0 Å². The first-order chi connectivity index (χ1) is 6.03. The van der Waals surface area contributed by atoms with Crippen LogP contribution in [0.5, 0.6) is 0 Å². The summed E-state index contributed by atoms with van der Waals surface area (Å²) in [6.07, 6.45) is 0. The minimum absolute atomic E-state index is 0. The van der Waals surface area contributed by atoms with Crippen LogP contribution in [0.3, 0.4) is 0 Å².